The monoisotopic (exact) mass is 256 g/mol. The summed E-state index contributed by atoms with van der Waals surface area (Å²) in [7, 11) is 1.80. The van der Waals surface area contributed by atoms with Crippen LogP contribution in [-0.4, -0.2) is 24.4 Å². The first-order valence-electron chi connectivity index (χ1n) is 6.37. The van der Waals surface area contributed by atoms with Gasteiger partial charge in [0.2, 0.25) is 0 Å². The Kier molecular flexibility index (Phi) is 2.99. The highest BCUT2D eigenvalue weighted by molar-refractivity contribution is 5.95. The number of amides is 1. The number of fused-ring (bicyclic) bond motifs is 1. The fourth-order valence-corrected chi connectivity index (χ4v) is 2.37. The van der Waals surface area contributed by atoms with Crippen LogP contribution in [0.3, 0.4) is 0 Å². The van der Waals surface area contributed by atoms with Crippen LogP contribution in [0.2, 0.25) is 0 Å². The number of carbonyl (C=O) groups is 1. The highest BCUT2D eigenvalue weighted by Crippen LogP contribution is 2.23. The van der Waals surface area contributed by atoms with Crippen molar-refractivity contribution in [2.24, 2.45) is 0 Å². The second-order valence-electron chi connectivity index (χ2n) is 4.84. The maximum atomic E-state index is 12.3. The standard InChI is InChI=1S/C15H16N2O2/c1-17(9-11-5-7-19-10-11)15(18)13-3-2-12-4-6-16-14(12)8-13/h2-3,5,7-8,10,16H,4,6,9H2,1H3. The highest BCUT2D eigenvalue weighted by atomic mass is 16.3. The van der Waals surface area contributed by atoms with Gasteiger partial charge in [0, 0.05) is 37.0 Å². The number of benzene rings is 1. The number of hydrogen-bond donors (Lipinski definition) is 1. The van der Waals surface area contributed by atoms with Crippen molar-refractivity contribution in [1.29, 1.82) is 0 Å². The molecule has 1 aliphatic heterocycles. The van der Waals surface area contributed by atoms with Crippen molar-refractivity contribution in [3.8, 4) is 0 Å². The zero-order valence-electron chi connectivity index (χ0n) is 10.8. The number of furan rings is 1. The first kappa shape index (κ1) is 11.8. The molecule has 1 aromatic carbocycles. The van der Waals surface area contributed by atoms with Gasteiger partial charge in [0.1, 0.15) is 0 Å². The predicted octanol–water partition coefficient (Wildman–Crippen LogP) is 2.52. The summed E-state index contributed by atoms with van der Waals surface area (Å²) in [4.78, 5) is 14.0. The topological polar surface area (TPSA) is 45.5 Å². The molecule has 19 heavy (non-hydrogen) atoms. The molecule has 0 radical (unpaired) electrons. The number of rotatable bonds is 3. The number of nitrogens with one attached hydrogen (secondary N) is 1. The number of hydrogen-bond acceptors (Lipinski definition) is 3. The van der Waals surface area contributed by atoms with Gasteiger partial charge in [0.05, 0.1) is 12.5 Å². The lowest BCUT2D eigenvalue weighted by Gasteiger charge is -2.16. The molecule has 0 fully saturated rings. The molecule has 0 atom stereocenters. The molecule has 1 amide bonds. The lowest BCUT2D eigenvalue weighted by Crippen LogP contribution is -2.26. The van der Waals surface area contributed by atoms with Crippen molar-refractivity contribution in [3.05, 3.63) is 53.5 Å². The summed E-state index contributed by atoms with van der Waals surface area (Å²) < 4.78 is 5.01. The lowest BCUT2D eigenvalue weighted by atomic mass is 10.1. The molecule has 1 aromatic heterocycles. The molecule has 98 valence electrons. The van der Waals surface area contributed by atoms with Gasteiger partial charge in [-0.05, 0) is 30.2 Å². The Morgan fingerprint density at radius 2 is 2.32 bits per heavy atom. The van der Waals surface area contributed by atoms with E-state index in [1.54, 1.807) is 24.5 Å². The average molecular weight is 256 g/mol. The summed E-state index contributed by atoms with van der Waals surface area (Å²) in [6, 6.07) is 7.75. The van der Waals surface area contributed by atoms with Gasteiger partial charge in [0.15, 0.2) is 0 Å². The molecule has 0 aliphatic carbocycles. The lowest BCUT2D eigenvalue weighted by molar-refractivity contribution is 0.0785. The SMILES string of the molecule is CN(Cc1ccoc1)C(=O)c1ccc2c(c1)NCC2. The van der Waals surface area contributed by atoms with E-state index in [0.29, 0.717) is 6.54 Å². The first-order valence-corrected chi connectivity index (χ1v) is 6.37. The van der Waals surface area contributed by atoms with E-state index >= 15 is 0 Å². The summed E-state index contributed by atoms with van der Waals surface area (Å²) in [5.41, 5.74) is 4.09. The summed E-state index contributed by atoms with van der Waals surface area (Å²) in [6.07, 6.45) is 4.32. The van der Waals surface area contributed by atoms with Gasteiger partial charge in [-0.15, -0.1) is 0 Å². The fourth-order valence-electron chi connectivity index (χ4n) is 2.37. The first-order chi connectivity index (χ1) is 9.24. The van der Waals surface area contributed by atoms with Crippen LogP contribution in [0.15, 0.2) is 41.2 Å². The maximum Gasteiger partial charge on any atom is 0.253 e. The van der Waals surface area contributed by atoms with Gasteiger partial charge in [0.25, 0.3) is 5.91 Å². The van der Waals surface area contributed by atoms with E-state index in [-0.39, 0.29) is 5.91 Å². The third-order valence-corrected chi connectivity index (χ3v) is 3.41. The molecule has 2 aromatic rings. The van der Waals surface area contributed by atoms with E-state index in [2.05, 4.69) is 5.32 Å². The predicted molar refractivity (Wildman–Crippen MR) is 73.1 cm³/mol. The summed E-state index contributed by atoms with van der Waals surface area (Å²) >= 11 is 0. The van der Waals surface area contributed by atoms with Crippen molar-refractivity contribution in [1.82, 2.24) is 4.90 Å². The maximum absolute atomic E-state index is 12.3. The van der Waals surface area contributed by atoms with E-state index in [1.807, 2.05) is 24.3 Å². The van der Waals surface area contributed by atoms with Gasteiger partial charge in [-0.1, -0.05) is 6.07 Å². The Bertz CT molecular complexity index is 590. The molecular formula is C15H16N2O2. The van der Waals surface area contributed by atoms with Crippen molar-refractivity contribution in [2.75, 3.05) is 18.9 Å². The highest BCUT2D eigenvalue weighted by Gasteiger charge is 2.16. The van der Waals surface area contributed by atoms with E-state index in [9.17, 15) is 4.79 Å². The van der Waals surface area contributed by atoms with Crippen LogP contribution in [0.25, 0.3) is 0 Å². The third-order valence-electron chi connectivity index (χ3n) is 3.41. The Labute approximate surface area is 112 Å². The molecule has 0 unspecified atom stereocenters. The van der Waals surface area contributed by atoms with Gasteiger partial charge in [-0.25, -0.2) is 0 Å². The molecule has 1 N–H and O–H groups in total. The normalized spacial score (nSPS) is 12.9. The molecule has 4 nitrogen and oxygen atoms in total. The molecule has 0 spiro atoms. The van der Waals surface area contributed by atoms with E-state index in [0.717, 1.165) is 29.8 Å². The molecule has 1 aliphatic rings. The Balaban J connectivity index is 1.76. The molecule has 0 saturated heterocycles. The minimum atomic E-state index is 0.0256. The molecule has 4 heteroatoms. The van der Waals surface area contributed by atoms with Gasteiger partial charge in [-0.3, -0.25) is 4.79 Å². The second-order valence-corrected chi connectivity index (χ2v) is 4.84. The smallest absolute Gasteiger partial charge is 0.253 e. The quantitative estimate of drug-likeness (QED) is 0.917. The van der Waals surface area contributed by atoms with E-state index < -0.39 is 0 Å². The number of anilines is 1. The number of nitrogens with zero attached hydrogens (tertiary/aromatic N) is 1. The Morgan fingerprint density at radius 1 is 1.42 bits per heavy atom. The van der Waals surface area contributed by atoms with Gasteiger partial charge >= 0.3 is 0 Å². The second kappa shape index (κ2) is 4.80. The van der Waals surface area contributed by atoms with E-state index in [1.165, 1.54) is 5.56 Å². The van der Waals surface area contributed by atoms with Crippen LogP contribution in [0.5, 0.6) is 0 Å². The minimum absolute atomic E-state index is 0.0256. The van der Waals surface area contributed by atoms with Crippen LogP contribution in [0.4, 0.5) is 5.69 Å². The Hall–Kier alpha value is -2.23. The van der Waals surface area contributed by atoms with Crippen molar-refractivity contribution in [3.63, 3.8) is 0 Å². The fraction of sp³-hybridized carbons (Fsp3) is 0.267. The third kappa shape index (κ3) is 2.34. The minimum Gasteiger partial charge on any atom is -0.472 e. The average Bonchev–Trinajstić information content (AvgIpc) is 3.07. The zero-order chi connectivity index (χ0) is 13.2. The van der Waals surface area contributed by atoms with Gasteiger partial charge < -0.3 is 14.6 Å². The number of carbonyl (C=O) groups excluding carboxylic acids is 1. The van der Waals surface area contributed by atoms with Crippen LogP contribution >= 0.6 is 0 Å². The van der Waals surface area contributed by atoms with Crippen molar-refractivity contribution >= 4 is 11.6 Å². The molecule has 2 heterocycles. The largest absolute Gasteiger partial charge is 0.472 e. The zero-order valence-corrected chi connectivity index (χ0v) is 10.8. The molecule has 0 saturated carbocycles. The molecule has 0 bridgehead atoms. The van der Waals surface area contributed by atoms with Crippen LogP contribution in [-0.2, 0) is 13.0 Å². The summed E-state index contributed by atoms with van der Waals surface area (Å²) in [5, 5.41) is 3.29. The summed E-state index contributed by atoms with van der Waals surface area (Å²) in [6.45, 7) is 1.51. The van der Waals surface area contributed by atoms with Crippen LogP contribution in [0.1, 0.15) is 21.5 Å². The van der Waals surface area contributed by atoms with Crippen LogP contribution in [0, 0.1) is 0 Å². The summed E-state index contributed by atoms with van der Waals surface area (Å²) in [5.74, 6) is 0.0256. The molecule has 3 rings (SSSR count). The van der Waals surface area contributed by atoms with Crippen molar-refractivity contribution < 1.29 is 9.21 Å². The molecular weight excluding hydrogens is 240 g/mol. The van der Waals surface area contributed by atoms with Gasteiger partial charge in [-0.2, -0.15) is 0 Å². The Morgan fingerprint density at radius 3 is 3.11 bits per heavy atom. The van der Waals surface area contributed by atoms with E-state index in [4.69, 9.17) is 4.42 Å². The van der Waals surface area contributed by atoms with Crippen molar-refractivity contribution in [2.45, 2.75) is 13.0 Å². The van der Waals surface area contributed by atoms with Crippen LogP contribution < -0.4 is 5.32 Å².